The maximum atomic E-state index is 12.4. The molecular weight excluding hydrogens is 290 g/mol. The second kappa shape index (κ2) is 7.06. The Kier molecular flexibility index (Phi) is 4.88. The topological polar surface area (TPSA) is 67.0 Å². The van der Waals surface area contributed by atoms with E-state index in [1.165, 1.54) is 0 Å². The van der Waals surface area contributed by atoms with Crippen LogP contribution in [0.25, 0.3) is 0 Å². The van der Waals surface area contributed by atoms with Crippen LogP contribution in [-0.4, -0.2) is 35.7 Å². The van der Waals surface area contributed by atoms with Crippen molar-refractivity contribution in [3.63, 3.8) is 0 Å². The molecule has 2 N–H and O–H groups in total. The van der Waals surface area contributed by atoms with Crippen LogP contribution in [0.3, 0.4) is 0 Å². The van der Waals surface area contributed by atoms with Gasteiger partial charge in [-0.25, -0.2) is 0 Å². The maximum Gasteiger partial charge on any atom is 0.187 e. The number of nitrogens with zero attached hydrogens (tertiary/aromatic N) is 1. The molecule has 1 aromatic carbocycles. The Morgan fingerprint density at radius 3 is 2.74 bits per heavy atom. The molecule has 1 aliphatic rings. The molecule has 1 atom stereocenters. The number of morpholine rings is 1. The standard InChI is InChI=1S/C18H23N3O2/c1-3-15-12(2)18(21-20-15)16(22)10-13-4-6-14(7-5-13)17-11-19-8-9-23-17/h4-7,17,19H,3,8-11H2,1-2H3,(H,20,21)/t17-/m0/s1. The van der Waals surface area contributed by atoms with E-state index in [1.54, 1.807) is 0 Å². The summed E-state index contributed by atoms with van der Waals surface area (Å²) in [6, 6.07) is 8.12. The van der Waals surface area contributed by atoms with Crippen molar-refractivity contribution in [1.29, 1.82) is 0 Å². The van der Waals surface area contributed by atoms with Crippen molar-refractivity contribution in [2.75, 3.05) is 19.7 Å². The number of benzene rings is 1. The number of aryl methyl sites for hydroxylation is 1. The van der Waals surface area contributed by atoms with Crippen LogP contribution in [0.1, 0.15) is 45.9 Å². The Morgan fingerprint density at radius 2 is 2.13 bits per heavy atom. The largest absolute Gasteiger partial charge is 0.371 e. The van der Waals surface area contributed by atoms with E-state index in [2.05, 4.69) is 34.6 Å². The number of H-pyrrole nitrogens is 1. The fourth-order valence-corrected chi connectivity index (χ4v) is 2.95. The third-order valence-electron chi connectivity index (χ3n) is 4.37. The normalized spacial score (nSPS) is 18.1. The van der Waals surface area contributed by atoms with Crippen molar-refractivity contribution in [2.24, 2.45) is 0 Å². The summed E-state index contributed by atoms with van der Waals surface area (Å²) in [5.74, 6) is 0.0572. The van der Waals surface area contributed by atoms with Crippen LogP contribution in [0.4, 0.5) is 0 Å². The Labute approximate surface area is 136 Å². The summed E-state index contributed by atoms with van der Waals surface area (Å²) in [5.41, 5.74) is 4.72. The Balaban J connectivity index is 1.67. The van der Waals surface area contributed by atoms with Crippen LogP contribution >= 0.6 is 0 Å². The average molecular weight is 313 g/mol. The van der Waals surface area contributed by atoms with Crippen molar-refractivity contribution < 1.29 is 9.53 Å². The third-order valence-corrected chi connectivity index (χ3v) is 4.37. The fraction of sp³-hybridized carbons (Fsp3) is 0.444. The number of aromatic nitrogens is 2. The number of nitrogens with one attached hydrogen (secondary N) is 2. The lowest BCUT2D eigenvalue weighted by Crippen LogP contribution is -2.33. The molecule has 1 aliphatic heterocycles. The fourth-order valence-electron chi connectivity index (χ4n) is 2.95. The van der Waals surface area contributed by atoms with Gasteiger partial charge in [0.25, 0.3) is 0 Å². The van der Waals surface area contributed by atoms with Crippen LogP contribution in [0.2, 0.25) is 0 Å². The van der Waals surface area contributed by atoms with Gasteiger partial charge in [-0.1, -0.05) is 31.2 Å². The molecule has 0 amide bonds. The van der Waals surface area contributed by atoms with E-state index in [4.69, 9.17) is 4.74 Å². The molecule has 3 rings (SSSR count). The van der Waals surface area contributed by atoms with Gasteiger partial charge in [0.1, 0.15) is 5.69 Å². The predicted octanol–water partition coefficient (Wildman–Crippen LogP) is 2.37. The van der Waals surface area contributed by atoms with Gasteiger partial charge in [-0.2, -0.15) is 5.10 Å². The van der Waals surface area contributed by atoms with E-state index in [9.17, 15) is 4.79 Å². The van der Waals surface area contributed by atoms with Crippen LogP contribution < -0.4 is 5.32 Å². The van der Waals surface area contributed by atoms with E-state index in [1.807, 2.05) is 19.1 Å². The number of aromatic amines is 1. The average Bonchev–Trinajstić information content (AvgIpc) is 2.97. The van der Waals surface area contributed by atoms with E-state index in [0.717, 1.165) is 48.5 Å². The molecule has 1 aromatic heterocycles. The highest BCUT2D eigenvalue weighted by Gasteiger charge is 2.17. The van der Waals surface area contributed by atoms with Crippen molar-refractivity contribution in [3.05, 3.63) is 52.3 Å². The third kappa shape index (κ3) is 3.51. The van der Waals surface area contributed by atoms with Crippen molar-refractivity contribution >= 4 is 5.78 Å². The summed E-state index contributed by atoms with van der Waals surface area (Å²) in [4.78, 5) is 12.4. The van der Waals surface area contributed by atoms with Crippen molar-refractivity contribution in [3.8, 4) is 0 Å². The van der Waals surface area contributed by atoms with Gasteiger partial charge in [-0.05, 0) is 24.5 Å². The zero-order chi connectivity index (χ0) is 16.2. The minimum atomic E-state index is 0.0572. The van der Waals surface area contributed by atoms with Crippen molar-refractivity contribution in [1.82, 2.24) is 15.5 Å². The van der Waals surface area contributed by atoms with Gasteiger partial charge in [0, 0.05) is 30.8 Å². The van der Waals surface area contributed by atoms with Gasteiger partial charge in [-0.3, -0.25) is 9.89 Å². The molecule has 0 bridgehead atoms. The summed E-state index contributed by atoms with van der Waals surface area (Å²) in [6.07, 6.45) is 1.34. The molecular formula is C18H23N3O2. The first-order valence-corrected chi connectivity index (χ1v) is 8.17. The summed E-state index contributed by atoms with van der Waals surface area (Å²) >= 11 is 0. The Morgan fingerprint density at radius 1 is 1.35 bits per heavy atom. The van der Waals surface area contributed by atoms with Crippen LogP contribution in [0.5, 0.6) is 0 Å². The molecule has 2 aromatic rings. The molecule has 1 fully saturated rings. The lowest BCUT2D eigenvalue weighted by molar-refractivity contribution is 0.0277. The molecule has 1 saturated heterocycles. The SMILES string of the molecule is CCc1[nH]nc(C(=O)Cc2ccc([C@@H]3CNCCO3)cc2)c1C. The summed E-state index contributed by atoms with van der Waals surface area (Å²) in [6.45, 7) is 6.49. The van der Waals surface area contributed by atoms with Crippen LogP contribution in [0, 0.1) is 6.92 Å². The molecule has 0 unspecified atom stereocenters. The minimum absolute atomic E-state index is 0.0572. The number of ketones is 1. The molecule has 2 heterocycles. The highest BCUT2D eigenvalue weighted by atomic mass is 16.5. The zero-order valence-electron chi connectivity index (χ0n) is 13.7. The maximum absolute atomic E-state index is 12.4. The van der Waals surface area contributed by atoms with Gasteiger partial charge in [0.15, 0.2) is 5.78 Å². The second-order valence-corrected chi connectivity index (χ2v) is 5.93. The molecule has 23 heavy (non-hydrogen) atoms. The zero-order valence-corrected chi connectivity index (χ0v) is 13.7. The number of ether oxygens (including phenoxy) is 1. The van der Waals surface area contributed by atoms with E-state index in [0.29, 0.717) is 12.1 Å². The van der Waals surface area contributed by atoms with Gasteiger partial charge in [0.05, 0.1) is 12.7 Å². The van der Waals surface area contributed by atoms with Gasteiger partial charge in [0.2, 0.25) is 0 Å². The first-order valence-electron chi connectivity index (χ1n) is 8.17. The van der Waals surface area contributed by atoms with E-state index >= 15 is 0 Å². The molecule has 5 nitrogen and oxygen atoms in total. The lowest BCUT2D eigenvalue weighted by Gasteiger charge is -2.24. The minimum Gasteiger partial charge on any atom is -0.371 e. The predicted molar refractivity (Wildman–Crippen MR) is 88.7 cm³/mol. The van der Waals surface area contributed by atoms with Gasteiger partial charge in [-0.15, -0.1) is 0 Å². The Bertz CT molecular complexity index is 670. The molecule has 5 heteroatoms. The molecule has 0 saturated carbocycles. The highest BCUT2D eigenvalue weighted by Crippen LogP contribution is 2.20. The molecule has 0 aliphatic carbocycles. The van der Waals surface area contributed by atoms with Crippen molar-refractivity contribution in [2.45, 2.75) is 32.8 Å². The lowest BCUT2D eigenvalue weighted by atomic mass is 10.0. The van der Waals surface area contributed by atoms with E-state index in [-0.39, 0.29) is 11.9 Å². The molecule has 0 spiro atoms. The van der Waals surface area contributed by atoms with Crippen LogP contribution in [0.15, 0.2) is 24.3 Å². The highest BCUT2D eigenvalue weighted by molar-refractivity contribution is 5.97. The summed E-state index contributed by atoms with van der Waals surface area (Å²) < 4.78 is 5.74. The molecule has 122 valence electrons. The van der Waals surface area contributed by atoms with Gasteiger partial charge >= 0.3 is 0 Å². The number of carbonyl (C=O) groups is 1. The van der Waals surface area contributed by atoms with Gasteiger partial charge < -0.3 is 10.1 Å². The van der Waals surface area contributed by atoms with Crippen LogP contribution in [-0.2, 0) is 17.6 Å². The first kappa shape index (κ1) is 15.9. The second-order valence-electron chi connectivity index (χ2n) is 5.93. The monoisotopic (exact) mass is 313 g/mol. The summed E-state index contributed by atoms with van der Waals surface area (Å²) in [7, 11) is 0. The number of Topliss-reactive ketones (excluding diaryl/α,β-unsaturated/α-hetero) is 1. The molecule has 0 radical (unpaired) electrons. The smallest absolute Gasteiger partial charge is 0.187 e. The number of carbonyl (C=O) groups excluding carboxylic acids is 1. The Hall–Kier alpha value is -1.98. The number of hydrogen-bond donors (Lipinski definition) is 2. The number of hydrogen-bond acceptors (Lipinski definition) is 4. The summed E-state index contributed by atoms with van der Waals surface area (Å²) in [5, 5.41) is 10.4. The number of rotatable bonds is 5. The quantitative estimate of drug-likeness (QED) is 0.832. The van der Waals surface area contributed by atoms with E-state index < -0.39 is 0 Å². The first-order chi connectivity index (χ1) is 11.2.